The molecule has 1 fully saturated rings. The summed E-state index contributed by atoms with van der Waals surface area (Å²) in [6.07, 6.45) is 0. The van der Waals surface area contributed by atoms with Crippen molar-refractivity contribution in [1.29, 1.82) is 0 Å². The highest BCUT2D eigenvalue weighted by Crippen LogP contribution is 2.29. The Bertz CT molecular complexity index is 893. The van der Waals surface area contributed by atoms with E-state index in [1.165, 1.54) is 14.2 Å². The summed E-state index contributed by atoms with van der Waals surface area (Å²) in [5.74, 6) is 0.671. The SMILES string of the molecule is COc1cc(OC)cc(C(=O)N2CCN(c3cc(Cl)ccc3C)C(=O)[C@@H]2C)c1. The van der Waals surface area contributed by atoms with Crippen molar-refractivity contribution >= 4 is 29.1 Å². The molecular formula is C21H23ClN2O4. The van der Waals surface area contributed by atoms with E-state index in [1.807, 2.05) is 13.0 Å². The first-order valence-corrected chi connectivity index (χ1v) is 9.35. The predicted molar refractivity (Wildman–Crippen MR) is 109 cm³/mol. The molecule has 0 radical (unpaired) electrons. The molecule has 2 amide bonds. The minimum Gasteiger partial charge on any atom is -0.497 e. The highest BCUT2D eigenvalue weighted by molar-refractivity contribution is 6.31. The van der Waals surface area contributed by atoms with Crippen LogP contribution < -0.4 is 14.4 Å². The second-order valence-electron chi connectivity index (χ2n) is 6.70. The largest absolute Gasteiger partial charge is 0.497 e. The molecule has 0 unspecified atom stereocenters. The van der Waals surface area contributed by atoms with Crippen LogP contribution in [0, 0.1) is 6.92 Å². The molecule has 2 aromatic carbocycles. The number of halogens is 1. The summed E-state index contributed by atoms with van der Waals surface area (Å²) >= 11 is 6.11. The van der Waals surface area contributed by atoms with E-state index in [9.17, 15) is 9.59 Å². The Morgan fingerprint density at radius 3 is 2.32 bits per heavy atom. The quantitative estimate of drug-likeness (QED) is 0.784. The van der Waals surface area contributed by atoms with Gasteiger partial charge in [0.25, 0.3) is 5.91 Å². The number of rotatable bonds is 4. The fourth-order valence-corrected chi connectivity index (χ4v) is 3.52. The number of aryl methyl sites for hydroxylation is 1. The molecule has 1 aliphatic rings. The van der Waals surface area contributed by atoms with E-state index in [0.29, 0.717) is 35.2 Å². The second-order valence-corrected chi connectivity index (χ2v) is 7.13. The van der Waals surface area contributed by atoms with Gasteiger partial charge in [-0.25, -0.2) is 0 Å². The number of hydrogen-bond acceptors (Lipinski definition) is 4. The van der Waals surface area contributed by atoms with Gasteiger partial charge in [0.1, 0.15) is 17.5 Å². The number of nitrogens with zero attached hydrogens (tertiary/aromatic N) is 2. The monoisotopic (exact) mass is 402 g/mol. The first kappa shape index (κ1) is 20.0. The highest BCUT2D eigenvalue weighted by atomic mass is 35.5. The number of methoxy groups -OCH3 is 2. The van der Waals surface area contributed by atoms with Gasteiger partial charge in [0.05, 0.1) is 14.2 Å². The zero-order valence-electron chi connectivity index (χ0n) is 16.4. The van der Waals surface area contributed by atoms with Gasteiger partial charge in [0, 0.05) is 35.4 Å². The molecule has 1 heterocycles. The molecule has 0 bridgehead atoms. The molecule has 1 saturated heterocycles. The summed E-state index contributed by atoms with van der Waals surface area (Å²) in [5.41, 5.74) is 2.16. The molecule has 3 rings (SSSR count). The van der Waals surface area contributed by atoms with Crippen LogP contribution in [0.5, 0.6) is 11.5 Å². The van der Waals surface area contributed by atoms with Crippen LogP contribution in [-0.2, 0) is 4.79 Å². The van der Waals surface area contributed by atoms with E-state index in [1.54, 1.807) is 47.1 Å². The predicted octanol–water partition coefficient (Wildman–Crippen LogP) is 3.54. The van der Waals surface area contributed by atoms with E-state index in [2.05, 4.69) is 0 Å². The van der Waals surface area contributed by atoms with E-state index in [0.717, 1.165) is 11.3 Å². The van der Waals surface area contributed by atoms with Crippen molar-refractivity contribution in [1.82, 2.24) is 4.90 Å². The molecule has 2 aromatic rings. The molecule has 0 N–H and O–H groups in total. The van der Waals surface area contributed by atoms with Crippen molar-refractivity contribution in [3.8, 4) is 11.5 Å². The van der Waals surface area contributed by atoms with E-state index in [-0.39, 0.29) is 11.8 Å². The van der Waals surface area contributed by atoms with Crippen molar-refractivity contribution in [3.05, 3.63) is 52.5 Å². The summed E-state index contributed by atoms with van der Waals surface area (Å²) in [7, 11) is 3.06. The average molecular weight is 403 g/mol. The summed E-state index contributed by atoms with van der Waals surface area (Å²) in [6.45, 7) is 4.49. The fourth-order valence-electron chi connectivity index (χ4n) is 3.36. The summed E-state index contributed by atoms with van der Waals surface area (Å²) in [6, 6.07) is 9.86. The molecule has 28 heavy (non-hydrogen) atoms. The minimum atomic E-state index is -0.600. The first-order valence-electron chi connectivity index (χ1n) is 8.97. The van der Waals surface area contributed by atoms with Gasteiger partial charge in [-0.05, 0) is 43.7 Å². The van der Waals surface area contributed by atoms with E-state index >= 15 is 0 Å². The highest BCUT2D eigenvalue weighted by Gasteiger charge is 2.36. The number of piperazine rings is 1. The zero-order chi connectivity index (χ0) is 20.4. The van der Waals surface area contributed by atoms with E-state index < -0.39 is 6.04 Å². The molecule has 0 aromatic heterocycles. The Balaban J connectivity index is 1.86. The fraction of sp³-hybridized carbons (Fsp3) is 0.333. The molecule has 148 valence electrons. The number of anilines is 1. The van der Waals surface area contributed by atoms with Crippen molar-refractivity contribution < 1.29 is 19.1 Å². The lowest BCUT2D eigenvalue weighted by Gasteiger charge is -2.39. The molecule has 1 aliphatic heterocycles. The maximum atomic E-state index is 13.1. The number of carbonyl (C=O) groups excluding carboxylic acids is 2. The topological polar surface area (TPSA) is 59.1 Å². The third-order valence-corrected chi connectivity index (χ3v) is 5.21. The maximum Gasteiger partial charge on any atom is 0.254 e. The van der Waals surface area contributed by atoms with Crippen LogP contribution in [0.2, 0.25) is 5.02 Å². The van der Waals surface area contributed by atoms with Crippen LogP contribution >= 0.6 is 11.6 Å². The minimum absolute atomic E-state index is 0.139. The van der Waals surface area contributed by atoms with Crippen molar-refractivity contribution in [2.75, 3.05) is 32.2 Å². The lowest BCUT2D eigenvalue weighted by Crippen LogP contribution is -2.58. The summed E-state index contributed by atoms with van der Waals surface area (Å²) in [4.78, 5) is 29.4. The summed E-state index contributed by atoms with van der Waals surface area (Å²) < 4.78 is 10.5. The van der Waals surface area contributed by atoms with Gasteiger partial charge in [-0.3, -0.25) is 9.59 Å². The molecule has 0 saturated carbocycles. The molecule has 0 spiro atoms. The number of hydrogen-bond donors (Lipinski definition) is 0. The zero-order valence-corrected chi connectivity index (χ0v) is 17.1. The van der Waals surface area contributed by atoms with Crippen molar-refractivity contribution in [3.63, 3.8) is 0 Å². The van der Waals surface area contributed by atoms with Crippen LogP contribution in [0.1, 0.15) is 22.8 Å². The number of benzene rings is 2. The van der Waals surface area contributed by atoms with Crippen LogP contribution in [0.25, 0.3) is 0 Å². The molecule has 7 heteroatoms. The normalized spacial score (nSPS) is 16.9. The van der Waals surface area contributed by atoms with Crippen molar-refractivity contribution in [2.24, 2.45) is 0 Å². The van der Waals surface area contributed by atoms with Gasteiger partial charge < -0.3 is 19.3 Å². The van der Waals surface area contributed by atoms with Gasteiger partial charge in [0.2, 0.25) is 5.91 Å². The standard InChI is InChI=1S/C21H23ClN2O4/c1-13-5-6-16(22)11-19(13)24-8-7-23(14(2)20(24)25)21(26)15-9-17(27-3)12-18(10-15)28-4/h5-6,9-12,14H,7-8H2,1-4H3/t14-/m0/s1. The Morgan fingerprint density at radius 2 is 1.71 bits per heavy atom. The van der Waals surface area contributed by atoms with Gasteiger partial charge >= 0.3 is 0 Å². The molecule has 0 aliphatic carbocycles. The molecule has 6 nitrogen and oxygen atoms in total. The maximum absolute atomic E-state index is 13.1. The number of amides is 2. The lowest BCUT2D eigenvalue weighted by molar-refractivity contribution is -0.124. The smallest absolute Gasteiger partial charge is 0.254 e. The van der Waals surface area contributed by atoms with Crippen LogP contribution in [-0.4, -0.2) is 50.1 Å². The van der Waals surface area contributed by atoms with Gasteiger partial charge in [0.15, 0.2) is 0 Å². The number of carbonyl (C=O) groups is 2. The van der Waals surface area contributed by atoms with Crippen LogP contribution in [0.3, 0.4) is 0 Å². The summed E-state index contributed by atoms with van der Waals surface area (Å²) in [5, 5.41) is 0.572. The van der Waals surface area contributed by atoms with Crippen LogP contribution in [0.15, 0.2) is 36.4 Å². The Morgan fingerprint density at radius 1 is 1.07 bits per heavy atom. The first-order chi connectivity index (χ1) is 13.3. The molecular weight excluding hydrogens is 380 g/mol. The van der Waals surface area contributed by atoms with Crippen LogP contribution in [0.4, 0.5) is 5.69 Å². The Kier molecular flexibility index (Phi) is 5.79. The third kappa shape index (κ3) is 3.78. The molecule has 1 atom stereocenters. The van der Waals surface area contributed by atoms with E-state index in [4.69, 9.17) is 21.1 Å². The third-order valence-electron chi connectivity index (χ3n) is 4.98. The van der Waals surface area contributed by atoms with Gasteiger partial charge in [-0.2, -0.15) is 0 Å². The van der Waals surface area contributed by atoms with Gasteiger partial charge in [-0.15, -0.1) is 0 Å². The van der Waals surface area contributed by atoms with Crippen molar-refractivity contribution in [2.45, 2.75) is 19.9 Å². The average Bonchev–Trinajstić information content (AvgIpc) is 2.71. The lowest BCUT2D eigenvalue weighted by atomic mass is 10.1. The second kappa shape index (κ2) is 8.10. The van der Waals surface area contributed by atoms with Gasteiger partial charge in [-0.1, -0.05) is 17.7 Å². The number of ether oxygens (including phenoxy) is 2. The Hall–Kier alpha value is -2.73. The Labute approximate surface area is 169 Å².